The second-order valence-electron chi connectivity index (χ2n) is 3.41. The van der Waals surface area contributed by atoms with Crippen molar-refractivity contribution in [2.24, 2.45) is 12.8 Å². The lowest BCUT2D eigenvalue weighted by Crippen LogP contribution is -2.02. The molecule has 1 aromatic heterocycles. The molecule has 0 radical (unpaired) electrons. The molecule has 0 atom stereocenters. The largest absolute Gasteiger partial charge is 0.338 e. The molecule has 0 aliphatic rings. The summed E-state index contributed by atoms with van der Waals surface area (Å²) in [5.74, 6) is 0. The van der Waals surface area contributed by atoms with Gasteiger partial charge in [0.1, 0.15) is 0 Å². The molecule has 1 aromatic carbocycles. The molecule has 74 valence electrons. The lowest BCUT2D eigenvalue weighted by atomic mass is 10.1. The first kappa shape index (κ1) is 9.74. The topological polar surface area (TPSA) is 30.9 Å². The summed E-state index contributed by atoms with van der Waals surface area (Å²) in [5.41, 5.74) is 8.16. The van der Waals surface area contributed by atoms with Gasteiger partial charge in [0.25, 0.3) is 0 Å². The Morgan fingerprint density at radius 2 is 2.21 bits per heavy atom. The Morgan fingerprint density at radius 3 is 2.93 bits per heavy atom. The molecule has 0 aliphatic carbocycles. The molecule has 2 nitrogen and oxygen atoms in total. The van der Waals surface area contributed by atoms with Crippen molar-refractivity contribution >= 4 is 26.8 Å². The van der Waals surface area contributed by atoms with Crippen molar-refractivity contribution in [1.82, 2.24) is 4.57 Å². The molecule has 0 unspecified atom stereocenters. The molecule has 14 heavy (non-hydrogen) atoms. The number of hydrogen-bond donors (Lipinski definition) is 1. The molecule has 2 N–H and O–H groups in total. The van der Waals surface area contributed by atoms with Gasteiger partial charge in [0, 0.05) is 18.0 Å². The molecule has 0 bridgehead atoms. The van der Waals surface area contributed by atoms with Crippen LogP contribution in [0.3, 0.4) is 0 Å². The maximum absolute atomic E-state index is 5.58. The Morgan fingerprint density at radius 1 is 1.43 bits per heavy atom. The average molecular weight is 253 g/mol. The highest BCUT2D eigenvalue weighted by molar-refractivity contribution is 9.10. The summed E-state index contributed by atoms with van der Waals surface area (Å²) < 4.78 is 3.24. The number of aromatic nitrogens is 1. The normalized spacial score (nSPS) is 11.1. The van der Waals surface area contributed by atoms with Crippen LogP contribution in [0.4, 0.5) is 0 Å². The fraction of sp³-hybridized carbons (Fsp3) is 0.273. The first-order chi connectivity index (χ1) is 6.74. The van der Waals surface area contributed by atoms with Crippen LogP contribution < -0.4 is 5.73 Å². The first-order valence-electron chi connectivity index (χ1n) is 4.67. The van der Waals surface area contributed by atoms with E-state index in [0.717, 1.165) is 11.0 Å². The number of aryl methyl sites for hydroxylation is 1. The van der Waals surface area contributed by atoms with Gasteiger partial charge in [-0.1, -0.05) is 12.1 Å². The number of rotatable bonds is 2. The van der Waals surface area contributed by atoms with Gasteiger partial charge in [-0.3, -0.25) is 0 Å². The summed E-state index contributed by atoms with van der Waals surface area (Å²) in [6, 6.07) is 8.50. The highest BCUT2D eigenvalue weighted by atomic mass is 79.9. The van der Waals surface area contributed by atoms with E-state index in [9.17, 15) is 0 Å². The fourth-order valence-corrected chi connectivity index (χ4v) is 2.18. The van der Waals surface area contributed by atoms with Crippen LogP contribution in [0.25, 0.3) is 10.9 Å². The summed E-state index contributed by atoms with van der Waals surface area (Å²) in [6.45, 7) is 0.700. The molecular weight excluding hydrogens is 240 g/mol. The Hall–Kier alpha value is -0.800. The minimum Gasteiger partial charge on any atom is -0.338 e. The number of halogens is 1. The smallest absolute Gasteiger partial charge is 0.0854 e. The van der Waals surface area contributed by atoms with Gasteiger partial charge >= 0.3 is 0 Å². The molecule has 0 saturated heterocycles. The summed E-state index contributed by atoms with van der Waals surface area (Å²) in [5, 5.41) is 1.30. The van der Waals surface area contributed by atoms with Gasteiger partial charge < -0.3 is 10.3 Å². The van der Waals surface area contributed by atoms with Crippen LogP contribution in [0.15, 0.2) is 28.9 Å². The van der Waals surface area contributed by atoms with Crippen molar-refractivity contribution in [1.29, 1.82) is 0 Å². The zero-order chi connectivity index (χ0) is 10.1. The minimum atomic E-state index is 0.700. The van der Waals surface area contributed by atoms with Crippen LogP contribution in [0.1, 0.15) is 5.56 Å². The SMILES string of the molecule is Cn1c(Br)cc2c(CCN)cccc21. The third-order valence-electron chi connectivity index (χ3n) is 2.53. The maximum Gasteiger partial charge on any atom is 0.0854 e. The molecule has 0 amide bonds. The van der Waals surface area contributed by atoms with Crippen LogP contribution >= 0.6 is 15.9 Å². The summed E-state index contributed by atoms with van der Waals surface area (Å²) in [4.78, 5) is 0. The lowest BCUT2D eigenvalue weighted by molar-refractivity contribution is 0.939. The molecule has 1 heterocycles. The number of benzene rings is 1. The van der Waals surface area contributed by atoms with Crippen molar-refractivity contribution in [3.63, 3.8) is 0 Å². The Balaban J connectivity index is 2.68. The van der Waals surface area contributed by atoms with Gasteiger partial charge in [0.15, 0.2) is 0 Å². The third kappa shape index (κ3) is 1.47. The van der Waals surface area contributed by atoms with E-state index in [1.807, 2.05) is 0 Å². The van der Waals surface area contributed by atoms with E-state index in [-0.39, 0.29) is 0 Å². The van der Waals surface area contributed by atoms with Crippen molar-refractivity contribution in [3.8, 4) is 0 Å². The fourth-order valence-electron chi connectivity index (χ4n) is 1.76. The number of nitrogens with zero attached hydrogens (tertiary/aromatic N) is 1. The number of hydrogen-bond acceptors (Lipinski definition) is 1. The second kappa shape index (κ2) is 3.75. The molecule has 2 rings (SSSR count). The molecule has 0 aliphatic heterocycles. The van der Waals surface area contributed by atoms with E-state index in [0.29, 0.717) is 6.54 Å². The van der Waals surface area contributed by atoms with E-state index in [4.69, 9.17) is 5.73 Å². The molecule has 0 spiro atoms. The first-order valence-corrected chi connectivity index (χ1v) is 5.46. The maximum atomic E-state index is 5.58. The summed E-state index contributed by atoms with van der Waals surface area (Å²) >= 11 is 3.53. The predicted molar refractivity (Wildman–Crippen MR) is 63.4 cm³/mol. The summed E-state index contributed by atoms with van der Waals surface area (Å²) in [7, 11) is 2.05. The van der Waals surface area contributed by atoms with E-state index >= 15 is 0 Å². The van der Waals surface area contributed by atoms with E-state index in [1.54, 1.807) is 0 Å². The standard InChI is InChI=1S/C11H13BrN2/c1-14-10-4-2-3-8(5-6-13)9(10)7-11(14)12/h2-4,7H,5-6,13H2,1H3. The molecule has 3 heteroatoms. The molecule has 0 saturated carbocycles. The van der Waals surface area contributed by atoms with Crippen LogP contribution in [-0.2, 0) is 13.5 Å². The van der Waals surface area contributed by atoms with Gasteiger partial charge in [0.2, 0.25) is 0 Å². The van der Waals surface area contributed by atoms with Gasteiger partial charge in [-0.05, 0) is 46.6 Å². The van der Waals surface area contributed by atoms with Gasteiger partial charge in [-0.15, -0.1) is 0 Å². The van der Waals surface area contributed by atoms with Crippen molar-refractivity contribution < 1.29 is 0 Å². The monoisotopic (exact) mass is 252 g/mol. The average Bonchev–Trinajstić information content (AvgIpc) is 2.46. The Labute approximate surface area is 91.8 Å². The van der Waals surface area contributed by atoms with E-state index in [1.165, 1.54) is 16.5 Å². The highest BCUT2D eigenvalue weighted by Gasteiger charge is 2.06. The van der Waals surface area contributed by atoms with Crippen LogP contribution in [0.2, 0.25) is 0 Å². The zero-order valence-corrected chi connectivity index (χ0v) is 9.71. The predicted octanol–water partition coefficient (Wildman–Crippen LogP) is 2.44. The number of nitrogens with two attached hydrogens (primary N) is 1. The molecule has 0 fully saturated rings. The molecule has 2 aromatic rings. The van der Waals surface area contributed by atoms with E-state index in [2.05, 4.69) is 51.8 Å². The van der Waals surface area contributed by atoms with Crippen LogP contribution in [-0.4, -0.2) is 11.1 Å². The molecular formula is C11H13BrN2. The third-order valence-corrected chi connectivity index (χ3v) is 3.29. The summed E-state index contributed by atoms with van der Waals surface area (Å²) in [6.07, 6.45) is 0.938. The van der Waals surface area contributed by atoms with Crippen LogP contribution in [0.5, 0.6) is 0 Å². The zero-order valence-electron chi connectivity index (χ0n) is 8.13. The highest BCUT2D eigenvalue weighted by Crippen LogP contribution is 2.25. The van der Waals surface area contributed by atoms with Gasteiger partial charge in [0.05, 0.1) is 4.60 Å². The van der Waals surface area contributed by atoms with Crippen molar-refractivity contribution in [2.45, 2.75) is 6.42 Å². The lowest BCUT2D eigenvalue weighted by Gasteiger charge is -2.02. The Kier molecular flexibility index (Phi) is 2.61. The minimum absolute atomic E-state index is 0.700. The van der Waals surface area contributed by atoms with Crippen molar-refractivity contribution in [2.75, 3.05) is 6.54 Å². The van der Waals surface area contributed by atoms with Gasteiger partial charge in [-0.25, -0.2) is 0 Å². The van der Waals surface area contributed by atoms with Crippen LogP contribution in [0, 0.1) is 0 Å². The van der Waals surface area contributed by atoms with E-state index < -0.39 is 0 Å². The Bertz CT molecular complexity index is 460. The van der Waals surface area contributed by atoms with Crippen molar-refractivity contribution in [3.05, 3.63) is 34.4 Å². The van der Waals surface area contributed by atoms with Gasteiger partial charge in [-0.2, -0.15) is 0 Å². The quantitative estimate of drug-likeness (QED) is 0.875. The number of fused-ring (bicyclic) bond motifs is 1. The second-order valence-corrected chi connectivity index (χ2v) is 4.23.